The van der Waals surface area contributed by atoms with Crippen LogP contribution in [0.4, 0.5) is 4.79 Å². The van der Waals surface area contributed by atoms with Gasteiger partial charge in [-0.1, -0.05) is 60.7 Å². The Bertz CT molecular complexity index is 1660. The van der Waals surface area contributed by atoms with Gasteiger partial charge < -0.3 is 41.2 Å². The SMILES string of the molecule is COc1ccc(CC(NC(=O)OCc2ccccc2)C(=O)N2CCN(CC(=O)O)C(=O)[C@@H]2CCCN(N=C(N)N)C(=O)c2ccccc2)cc1.Cl. The Morgan fingerprint density at radius 3 is 2.22 bits per heavy atom. The van der Waals surface area contributed by atoms with E-state index < -0.39 is 48.4 Å². The fraction of sp³-hybridized carbons (Fsp3) is 0.314. The molecule has 0 aromatic heterocycles. The predicted molar refractivity (Wildman–Crippen MR) is 190 cm³/mol. The smallest absolute Gasteiger partial charge is 0.408 e. The van der Waals surface area contributed by atoms with Crippen molar-refractivity contribution < 1.29 is 38.6 Å². The number of nitrogens with two attached hydrogens (primary N) is 2. The fourth-order valence-corrected chi connectivity index (χ4v) is 5.51. The molecule has 1 unspecified atom stereocenters. The van der Waals surface area contributed by atoms with E-state index in [1.54, 1.807) is 66.7 Å². The highest BCUT2D eigenvalue weighted by atomic mass is 35.5. The number of halogens is 1. The van der Waals surface area contributed by atoms with E-state index in [1.807, 2.05) is 18.2 Å². The van der Waals surface area contributed by atoms with Crippen molar-refractivity contribution >= 4 is 48.2 Å². The normalized spacial score (nSPS) is 14.4. The maximum absolute atomic E-state index is 14.3. The maximum atomic E-state index is 14.3. The third-order valence-electron chi connectivity index (χ3n) is 7.93. The number of nitrogens with one attached hydrogen (secondary N) is 1. The molecular formula is C35H42ClN7O8. The summed E-state index contributed by atoms with van der Waals surface area (Å²) in [6.45, 7) is -0.630. The van der Waals surface area contributed by atoms with E-state index in [2.05, 4.69) is 10.4 Å². The van der Waals surface area contributed by atoms with Gasteiger partial charge >= 0.3 is 12.1 Å². The van der Waals surface area contributed by atoms with E-state index >= 15 is 0 Å². The second kappa shape index (κ2) is 19.4. The number of nitrogens with zero attached hydrogens (tertiary/aromatic N) is 4. The molecule has 272 valence electrons. The van der Waals surface area contributed by atoms with E-state index in [4.69, 9.17) is 20.9 Å². The van der Waals surface area contributed by atoms with Crippen molar-refractivity contribution in [2.24, 2.45) is 16.6 Å². The number of aliphatic carboxylic acids is 1. The molecule has 0 saturated carbocycles. The van der Waals surface area contributed by atoms with Crippen LogP contribution in [0.1, 0.15) is 34.3 Å². The highest BCUT2D eigenvalue weighted by Crippen LogP contribution is 2.21. The van der Waals surface area contributed by atoms with Crippen molar-refractivity contribution in [1.29, 1.82) is 0 Å². The summed E-state index contributed by atoms with van der Waals surface area (Å²) in [7, 11) is 1.53. The van der Waals surface area contributed by atoms with Crippen LogP contribution in [0, 0.1) is 0 Å². The van der Waals surface area contributed by atoms with Crippen molar-refractivity contribution in [2.75, 3.05) is 33.3 Å². The van der Waals surface area contributed by atoms with Gasteiger partial charge in [0.05, 0.1) is 7.11 Å². The van der Waals surface area contributed by atoms with E-state index in [9.17, 15) is 29.1 Å². The first-order chi connectivity index (χ1) is 24.0. The van der Waals surface area contributed by atoms with Crippen LogP contribution in [0.2, 0.25) is 0 Å². The van der Waals surface area contributed by atoms with Gasteiger partial charge in [-0.3, -0.25) is 19.2 Å². The molecule has 51 heavy (non-hydrogen) atoms. The third kappa shape index (κ3) is 11.6. The van der Waals surface area contributed by atoms with E-state index in [-0.39, 0.29) is 63.9 Å². The molecule has 1 heterocycles. The molecule has 1 aliphatic rings. The van der Waals surface area contributed by atoms with Gasteiger partial charge in [0.25, 0.3) is 5.91 Å². The summed E-state index contributed by atoms with van der Waals surface area (Å²) in [5.41, 5.74) is 13.0. The first-order valence-electron chi connectivity index (χ1n) is 15.9. The van der Waals surface area contributed by atoms with Crippen molar-refractivity contribution in [3.63, 3.8) is 0 Å². The van der Waals surface area contributed by atoms with Crippen LogP contribution in [-0.4, -0.2) is 101 Å². The quantitative estimate of drug-likeness (QED) is 0.102. The number of amides is 4. The van der Waals surface area contributed by atoms with Crippen molar-refractivity contribution in [3.8, 4) is 5.75 Å². The lowest BCUT2D eigenvalue weighted by Gasteiger charge is -2.41. The molecule has 15 nitrogen and oxygen atoms in total. The first-order valence-corrected chi connectivity index (χ1v) is 15.9. The molecule has 2 atom stereocenters. The number of carbonyl (C=O) groups is 5. The number of benzene rings is 3. The number of carboxylic acid groups (broad SMARTS) is 1. The lowest BCUT2D eigenvalue weighted by Crippen LogP contribution is -2.63. The molecule has 16 heteroatoms. The third-order valence-corrected chi connectivity index (χ3v) is 7.93. The van der Waals surface area contributed by atoms with Crippen LogP contribution < -0.4 is 21.5 Å². The number of alkyl carbamates (subject to hydrolysis) is 1. The van der Waals surface area contributed by atoms with Gasteiger partial charge in [0.15, 0.2) is 0 Å². The lowest BCUT2D eigenvalue weighted by atomic mass is 10.00. The van der Waals surface area contributed by atoms with Gasteiger partial charge in [0, 0.05) is 31.6 Å². The topological polar surface area (TPSA) is 210 Å². The zero-order valence-electron chi connectivity index (χ0n) is 28.1. The Labute approximate surface area is 301 Å². The average Bonchev–Trinajstić information content (AvgIpc) is 3.11. The summed E-state index contributed by atoms with van der Waals surface area (Å²) in [6, 6.07) is 22.1. The van der Waals surface area contributed by atoms with Crippen LogP contribution in [0.25, 0.3) is 0 Å². The molecule has 1 fully saturated rings. The summed E-state index contributed by atoms with van der Waals surface area (Å²) >= 11 is 0. The zero-order valence-corrected chi connectivity index (χ0v) is 28.9. The van der Waals surface area contributed by atoms with Gasteiger partial charge in [-0.25, -0.2) is 9.80 Å². The molecule has 0 radical (unpaired) electrons. The van der Waals surface area contributed by atoms with Crippen molar-refractivity contribution in [2.45, 2.75) is 38.0 Å². The van der Waals surface area contributed by atoms with Crippen LogP contribution in [0.15, 0.2) is 90.0 Å². The minimum Gasteiger partial charge on any atom is -0.497 e. The number of hydrogen-bond donors (Lipinski definition) is 4. The first kappa shape index (κ1) is 39.6. The molecule has 0 aliphatic carbocycles. The second-order valence-electron chi connectivity index (χ2n) is 11.5. The highest BCUT2D eigenvalue weighted by Gasteiger charge is 2.40. The number of hydrazone groups is 1. The molecule has 6 N–H and O–H groups in total. The molecule has 0 bridgehead atoms. The minimum atomic E-state index is -1.20. The number of ether oxygens (including phenoxy) is 2. The highest BCUT2D eigenvalue weighted by molar-refractivity contribution is 5.95. The number of carbonyl (C=O) groups excluding carboxylic acids is 4. The summed E-state index contributed by atoms with van der Waals surface area (Å²) in [5.74, 6) is -2.57. The average molecular weight is 724 g/mol. The van der Waals surface area contributed by atoms with Crippen molar-refractivity contribution in [3.05, 3.63) is 102 Å². The van der Waals surface area contributed by atoms with E-state index in [1.165, 1.54) is 16.9 Å². The molecule has 1 aliphatic heterocycles. The molecular weight excluding hydrogens is 682 g/mol. The molecule has 4 amide bonds. The number of carboxylic acids is 1. The Morgan fingerprint density at radius 2 is 1.61 bits per heavy atom. The summed E-state index contributed by atoms with van der Waals surface area (Å²) in [5, 5.41) is 17.1. The number of hydrogen-bond acceptors (Lipinski definition) is 8. The van der Waals surface area contributed by atoms with Gasteiger partial charge in [0.1, 0.15) is 31.0 Å². The van der Waals surface area contributed by atoms with Gasteiger partial charge in [0.2, 0.25) is 17.8 Å². The second-order valence-corrected chi connectivity index (χ2v) is 11.5. The number of rotatable bonds is 15. The van der Waals surface area contributed by atoms with Gasteiger partial charge in [-0.15, -0.1) is 17.5 Å². The Morgan fingerprint density at radius 1 is 0.961 bits per heavy atom. The van der Waals surface area contributed by atoms with Crippen LogP contribution in [0.5, 0.6) is 5.75 Å². The van der Waals surface area contributed by atoms with Gasteiger partial charge in [-0.2, -0.15) is 0 Å². The molecule has 3 aromatic rings. The maximum Gasteiger partial charge on any atom is 0.408 e. The molecule has 4 rings (SSSR count). The van der Waals surface area contributed by atoms with E-state index in [0.29, 0.717) is 16.9 Å². The standard InChI is InChI=1S/C35H41N7O8.ClH/c1-49-27-16-14-24(15-17-27)21-28(38-35(48)50-23-25-9-4-2-5-10-25)32(46)41-20-19-40(22-30(43)44)33(47)29(41)13-8-18-42(39-34(36)37)31(45)26-11-6-3-7-12-26;/h2-7,9-12,14-17,28-29H,8,13,18-23H2,1H3,(H,38,48)(H,43,44)(H4,36,37,39);1H/t28?,29-;/m0./s1. The zero-order chi connectivity index (χ0) is 36.0. The summed E-state index contributed by atoms with van der Waals surface area (Å²) in [4.78, 5) is 68.2. The van der Waals surface area contributed by atoms with Crippen molar-refractivity contribution in [1.82, 2.24) is 20.1 Å². The Balaban J connectivity index is 0.00000702. The predicted octanol–water partition coefficient (Wildman–Crippen LogP) is 2.19. The summed E-state index contributed by atoms with van der Waals surface area (Å²) < 4.78 is 10.6. The molecule has 1 saturated heterocycles. The molecule has 3 aromatic carbocycles. The van der Waals surface area contributed by atoms with Gasteiger partial charge in [-0.05, 0) is 48.2 Å². The summed E-state index contributed by atoms with van der Waals surface area (Å²) in [6.07, 6.45) is -0.581. The largest absolute Gasteiger partial charge is 0.497 e. The van der Waals surface area contributed by atoms with Crippen LogP contribution in [0.3, 0.4) is 0 Å². The number of methoxy groups -OCH3 is 1. The fourth-order valence-electron chi connectivity index (χ4n) is 5.51. The number of piperazine rings is 1. The minimum absolute atomic E-state index is 0. The van der Waals surface area contributed by atoms with Crippen LogP contribution >= 0.6 is 12.4 Å². The monoisotopic (exact) mass is 723 g/mol. The number of guanidine groups is 1. The molecule has 0 spiro atoms. The Hall–Kier alpha value is -5.83. The van der Waals surface area contributed by atoms with E-state index in [0.717, 1.165) is 10.6 Å². The van der Waals surface area contributed by atoms with Crippen LogP contribution in [-0.2, 0) is 32.1 Å². The Kier molecular flexibility index (Phi) is 15.1. The lowest BCUT2D eigenvalue weighted by molar-refractivity contribution is -0.156.